The van der Waals surface area contributed by atoms with Crippen LogP contribution in [0.2, 0.25) is 0 Å². The van der Waals surface area contributed by atoms with Gasteiger partial charge in [-0.05, 0) is 61.5 Å². The van der Waals surface area contributed by atoms with Crippen molar-refractivity contribution < 1.29 is 27.6 Å². The first-order valence-corrected chi connectivity index (χ1v) is 12.7. The number of phenols is 1. The maximum absolute atomic E-state index is 13.7. The number of ether oxygens (including phenoxy) is 1. The van der Waals surface area contributed by atoms with Gasteiger partial charge in [0.2, 0.25) is 11.4 Å². The molecule has 7 nitrogen and oxygen atoms in total. The van der Waals surface area contributed by atoms with Crippen LogP contribution in [0.25, 0.3) is 44.1 Å². The van der Waals surface area contributed by atoms with Gasteiger partial charge in [-0.3, -0.25) is 0 Å². The fraction of sp³-hybridized carbons (Fsp3) is 0.321. The molecule has 10 heteroatoms. The summed E-state index contributed by atoms with van der Waals surface area (Å²) in [6, 6.07) is 9.64. The number of hydrogen-bond acceptors (Lipinski definition) is 5. The summed E-state index contributed by atoms with van der Waals surface area (Å²) in [7, 11) is 1.86. The molecule has 1 fully saturated rings. The van der Waals surface area contributed by atoms with Gasteiger partial charge in [-0.2, -0.15) is 13.2 Å². The number of anilines is 1. The van der Waals surface area contributed by atoms with E-state index >= 15 is 0 Å². The van der Waals surface area contributed by atoms with Crippen molar-refractivity contribution in [1.82, 2.24) is 15.0 Å². The van der Waals surface area contributed by atoms with Crippen molar-refractivity contribution in [1.29, 1.82) is 0 Å². The normalized spacial score (nSPS) is 14.6. The number of nitrogens with one attached hydrogen (secondary N) is 1. The zero-order valence-corrected chi connectivity index (χ0v) is 21.1. The first-order valence-electron chi connectivity index (χ1n) is 12.7. The fourth-order valence-corrected chi connectivity index (χ4v) is 5.43. The van der Waals surface area contributed by atoms with Gasteiger partial charge in [0, 0.05) is 29.7 Å². The number of piperidine rings is 1. The second-order valence-corrected chi connectivity index (χ2v) is 9.63. The van der Waals surface area contributed by atoms with E-state index < -0.39 is 17.5 Å². The summed E-state index contributed by atoms with van der Waals surface area (Å²) in [6.45, 7) is 4.20. The fourth-order valence-electron chi connectivity index (χ4n) is 5.43. The summed E-state index contributed by atoms with van der Waals surface area (Å²) in [5.74, 6) is -0.421. The summed E-state index contributed by atoms with van der Waals surface area (Å²) in [5, 5.41) is 12.2. The number of aromatic nitrogens is 4. The van der Waals surface area contributed by atoms with Crippen molar-refractivity contribution in [3.05, 3.63) is 48.3 Å². The first kappa shape index (κ1) is 24.3. The Hall–Kier alpha value is -4.08. The zero-order chi connectivity index (χ0) is 26.6. The molecule has 5 aromatic rings. The van der Waals surface area contributed by atoms with E-state index in [9.17, 15) is 18.3 Å². The number of nitrogens with zero attached hydrogens (tertiary/aromatic N) is 4. The lowest BCUT2D eigenvalue weighted by atomic mass is 9.98. The Labute approximate surface area is 216 Å². The number of H-pyrrole nitrogens is 1. The number of halogens is 3. The van der Waals surface area contributed by atoms with E-state index in [2.05, 4.69) is 27.0 Å². The van der Waals surface area contributed by atoms with Crippen molar-refractivity contribution >= 4 is 38.5 Å². The molecule has 0 spiro atoms. The van der Waals surface area contributed by atoms with Gasteiger partial charge in [0.1, 0.15) is 5.75 Å². The molecule has 1 aliphatic rings. The van der Waals surface area contributed by atoms with Crippen LogP contribution < -0.4 is 14.2 Å². The second-order valence-electron chi connectivity index (χ2n) is 9.63. The van der Waals surface area contributed by atoms with Crippen LogP contribution in [0, 0.1) is 0 Å². The molecule has 2 aromatic carbocycles. The minimum Gasteiger partial charge on any atom is -0.507 e. The van der Waals surface area contributed by atoms with Gasteiger partial charge in [0.15, 0.2) is 0 Å². The smallest absolute Gasteiger partial charge is 0.419 e. The van der Waals surface area contributed by atoms with E-state index in [4.69, 9.17) is 9.72 Å². The number of fused-ring (bicyclic) bond motifs is 5. The number of aromatic amines is 1. The van der Waals surface area contributed by atoms with Crippen molar-refractivity contribution in [2.24, 2.45) is 7.05 Å². The monoisotopic (exact) mass is 522 g/mol. The third-order valence-electron chi connectivity index (χ3n) is 7.19. The lowest BCUT2D eigenvalue weighted by molar-refractivity contribution is -0.643. The third-order valence-corrected chi connectivity index (χ3v) is 7.19. The van der Waals surface area contributed by atoms with Crippen molar-refractivity contribution in [2.75, 3.05) is 24.6 Å². The van der Waals surface area contributed by atoms with E-state index in [1.54, 1.807) is 6.33 Å². The molecule has 1 saturated heterocycles. The topological polar surface area (TPSA) is 78.1 Å². The minimum atomic E-state index is -4.72. The van der Waals surface area contributed by atoms with Crippen LogP contribution in [0.4, 0.5) is 18.9 Å². The van der Waals surface area contributed by atoms with Gasteiger partial charge in [-0.1, -0.05) is 6.07 Å². The number of rotatable bonds is 4. The van der Waals surface area contributed by atoms with Crippen molar-refractivity contribution in [3.8, 4) is 22.9 Å². The Morgan fingerprint density at radius 1 is 1.08 bits per heavy atom. The Bertz CT molecular complexity index is 1690. The Morgan fingerprint density at radius 3 is 2.61 bits per heavy atom. The molecule has 0 unspecified atom stereocenters. The van der Waals surface area contributed by atoms with Crippen LogP contribution in [-0.2, 0) is 13.2 Å². The molecule has 2 N–H and O–H groups in total. The molecular weight excluding hydrogens is 495 g/mol. The molecular formula is C28H27F3N5O2+. The maximum Gasteiger partial charge on any atom is 0.419 e. The number of aromatic hydroxyl groups is 1. The number of benzene rings is 2. The molecule has 0 atom stereocenters. The van der Waals surface area contributed by atoms with Gasteiger partial charge in [-0.15, -0.1) is 0 Å². The predicted octanol–water partition coefficient (Wildman–Crippen LogP) is 5.87. The highest BCUT2D eigenvalue weighted by molar-refractivity contribution is 6.21. The molecule has 1 aliphatic heterocycles. The highest BCUT2D eigenvalue weighted by Gasteiger charge is 2.35. The van der Waals surface area contributed by atoms with Crippen molar-refractivity contribution in [2.45, 2.75) is 32.4 Å². The summed E-state index contributed by atoms with van der Waals surface area (Å²) < 4.78 is 49.0. The van der Waals surface area contributed by atoms with Crippen LogP contribution >= 0.6 is 0 Å². The van der Waals surface area contributed by atoms with Gasteiger partial charge < -0.3 is 19.7 Å². The van der Waals surface area contributed by atoms with Gasteiger partial charge in [-0.25, -0.2) is 9.55 Å². The largest absolute Gasteiger partial charge is 0.507 e. The molecule has 3 aromatic heterocycles. The first-order chi connectivity index (χ1) is 18.3. The predicted molar refractivity (Wildman–Crippen MR) is 139 cm³/mol. The standard InChI is InChI=1S/C28H26F3N5O2/c1-3-38-27-23-22(18-9-8-17(14-20(18)33-27)36-11-5-4-6-12-36)25-26(32-15-35(25)2)34-24(23)16-7-10-21(37)19(13-16)28(29,30)31/h7-10,13-15H,3-6,11-12H2,1-2H3,(H,33,34,37)/p+1. The van der Waals surface area contributed by atoms with Gasteiger partial charge in [0.05, 0.1) is 41.2 Å². The van der Waals surface area contributed by atoms with Crippen LogP contribution in [-0.4, -0.2) is 39.8 Å². The summed E-state index contributed by atoms with van der Waals surface area (Å²) >= 11 is 0. The zero-order valence-electron chi connectivity index (χ0n) is 21.1. The summed E-state index contributed by atoms with van der Waals surface area (Å²) in [6.07, 6.45) is 0.458. The average Bonchev–Trinajstić information content (AvgIpc) is 3.28. The lowest BCUT2D eigenvalue weighted by Crippen LogP contribution is -2.29. The average molecular weight is 523 g/mol. The Morgan fingerprint density at radius 2 is 1.87 bits per heavy atom. The van der Waals surface area contributed by atoms with E-state index in [1.165, 1.54) is 12.5 Å². The van der Waals surface area contributed by atoms with Crippen LogP contribution in [0.1, 0.15) is 31.7 Å². The highest BCUT2D eigenvalue weighted by atomic mass is 19.4. The number of hydrogen-bond donors (Lipinski definition) is 2. The quantitative estimate of drug-likeness (QED) is 0.228. The van der Waals surface area contributed by atoms with Crippen molar-refractivity contribution in [3.63, 3.8) is 0 Å². The molecule has 4 heterocycles. The van der Waals surface area contributed by atoms with E-state index in [1.807, 2.05) is 24.6 Å². The molecule has 0 amide bonds. The molecule has 196 valence electrons. The number of imidazole rings is 1. The van der Waals surface area contributed by atoms with Gasteiger partial charge >= 0.3 is 11.8 Å². The molecule has 0 radical (unpaired) electrons. The summed E-state index contributed by atoms with van der Waals surface area (Å²) in [5.41, 5.74) is 2.49. The molecule has 0 bridgehead atoms. The number of alkyl halides is 3. The van der Waals surface area contributed by atoms with E-state index in [0.717, 1.165) is 65.6 Å². The molecule has 0 aliphatic carbocycles. The number of pyridine rings is 2. The maximum atomic E-state index is 13.7. The van der Waals surface area contributed by atoms with E-state index in [0.29, 0.717) is 29.2 Å². The Balaban J connectivity index is 1.70. The van der Waals surface area contributed by atoms with E-state index in [-0.39, 0.29) is 5.56 Å². The summed E-state index contributed by atoms with van der Waals surface area (Å²) in [4.78, 5) is 14.9. The molecule has 6 rings (SSSR count). The molecule has 38 heavy (non-hydrogen) atoms. The SMILES string of the molecule is CCOc1[nH]c2cc(N3CCCCC3)ccc2c2c1c(-c1ccc(O)c(C(F)(F)F)c1)nc1nc[n+](C)c12. The highest BCUT2D eigenvalue weighted by Crippen LogP contribution is 2.43. The number of aryl methyl sites for hydroxylation is 1. The second kappa shape index (κ2) is 9.04. The van der Waals surface area contributed by atoms with Crippen LogP contribution in [0.15, 0.2) is 42.7 Å². The number of phenolic OH excluding ortho intramolecular Hbond substituents is 1. The van der Waals surface area contributed by atoms with Crippen LogP contribution in [0.3, 0.4) is 0 Å². The third kappa shape index (κ3) is 3.95. The van der Waals surface area contributed by atoms with Crippen LogP contribution in [0.5, 0.6) is 11.6 Å². The Kier molecular flexibility index (Phi) is 5.77. The molecule has 0 saturated carbocycles. The van der Waals surface area contributed by atoms with Gasteiger partial charge in [0.25, 0.3) is 6.33 Å². The lowest BCUT2D eigenvalue weighted by Gasteiger charge is -2.29. The minimum absolute atomic E-state index is 0.200.